The summed E-state index contributed by atoms with van der Waals surface area (Å²) in [7, 11) is 2.03. The molecule has 0 saturated carbocycles. The van der Waals surface area contributed by atoms with Gasteiger partial charge >= 0.3 is 0 Å². The molecule has 1 unspecified atom stereocenters. The summed E-state index contributed by atoms with van der Waals surface area (Å²) in [6.07, 6.45) is 1.92. The number of hydrogen-bond acceptors (Lipinski definition) is 4. The number of carbonyl (C=O) groups is 1. The lowest BCUT2D eigenvalue weighted by atomic mass is 10.0. The zero-order valence-electron chi connectivity index (χ0n) is 10.5. The van der Waals surface area contributed by atoms with Crippen molar-refractivity contribution in [3.63, 3.8) is 0 Å². The zero-order valence-corrected chi connectivity index (χ0v) is 10.5. The molecule has 2 heterocycles. The molecule has 1 fully saturated rings. The molecule has 0 aliphatic carbocycles. The predicted octanol–water partition coefficient (Wildman–Crippen LogP) is 0.736. The SMILES string of the molecule is CN1CCN(C(=O)C(C#N)Cc2ccco2)CC1. The van der Waals surface area contributed by atoms with Crippen molar-refractivity contribution in [1.82, 2.24) is 9.80 Å². The number of furan rings is 1. The number of hydrogen-bond donors (Lipinski definition) is 0. The molecule has 0 radical (unpaired) electrons. The van der Waals surface area contributed by atoms with Crippen LogP contribution in [0.2, 0.25) is 0 Å². The topological polar surface area (TPSA) is 60.5 Å². The number of amides is 1. The molecule has 5 nitrogen and oxygen atoms in total. The lowest BCUT2D eigenvalue weighted by Crippen LogP contribution is -2.49. The smallest absolute Gasteiger partial charge is 0.240 e. The van der Waals surface area contributed by atoms with Crippen LogP contribution in [0.15, 0.2) is 22.8 Å². The Hall–Kier alpha value is -1.80. The predicted molar refractivity (Wildman–Crippen MR) is 65.6 cm³/mol. The molecular formula is C13H17N3O2. The second-order valence-electron chi connectivity index (χ2n) is 4.59. The molecule has 1 amide bonds. The van der Waals surface area contributed by atoms with E-state index in [4.69, 9.17) is 9.68 Å². The van der Waals surface area contributed by atoms with Crippen LogP contribution in [0, 0.1) is 17.2 Å². The fraction of sp³-hybridized carbons (Fsp3) is 0.538. The molecule has 18 heavy (non-hydrogen) atoms. The summed E-state index contributed by atoms with van der Waals surface area (Å²) >= 11 is 0. The minimum absolute atomic E-state index is 0.0815. The minimum atomic E-state index is -0.639. The first-order valence-electron chi connectivity index (χ1n) is 6.10. The van der Waals surface area contributed by atoms with E-state index >= 15 is 0 Å². The van der Waals surface area contributed by atoms with Crippen LogP contribution in [0.1, 0.15) is 5.76 Å². The van der Waals surface area contributed by atoms with Crippen LogP contribution in [0.25, 0.3) is 0 Å². The van der Waals surface area contributed by atoms with Crippen molar-refractivity contribution >= 4 is 5.91 Å². The van der Waals surface area contributed by atoms with Gasteiger partial charge < -0.3 is 14.2 Å². The number of piperazine rings is 1. The van der Waals surface area contributed by atoms with Gasteiger partial charge in [-0.1, -0.05) is 0 Å². The van der Waals surface area contributed by atoms with E-state index in [1.54, 1.807) is 23.3 Å². The van der Waals surface area contributed by atoms with E-state index in [0.29, 0.717) is 25.3 Å². The Morgan fingerprint density at radius 3 is 2.78 bits per heavy atom. The Kier molecular flexibility index (Phi) is 4.00. The molecule has 0 N–H and O–H groups in total. The third-order valence-corrected chi connectivity index (χ3v) is 3.25. The van der Waals surface area contributed by atoms with Crippen molar-refractivity contribution < 1.29 is 9.21 Å². The summed E-state index contributed by atoms with van der Waals surface area (Å²) in [5.41, 5.74) is 0. The maximum atomic E-state index is 12.2. The van der Waals surface area contributed by atoms with Crippen molar-refractivity contribution in [1.29, 1.82) is 5.26 Å². The number of nitriles is 1. The van der Waals surface area contributed by atoms with Gasteiger partial charge in [0.2, 0.25) is 5.91 Å². The maximum Gasteiger partial charge on any atom is 0.240 e. The third-order valence-electron chi connectivity index (χ3n) is 3.25. The maximum absolute atomic E-state index is 12.2. The van der Waals surface area contributed by atoms with Gasteiger partial charge in [-0.2, -0.15) is 5.26 Å². The van der Waals surface area contributed by atoms with E-state index in [1.807, 2.05) is 7.05 Å². The van der Waals surface area contributed by atoms with Crippen molar-refractivity contribution in [3.05, 3.63) is 24.2 Å². The highest BCUT2D eigenvalue weighted by Crippen LogP contribution is 2.13. The molecule has 0 aromatic carbocycles. The van der Waals surface area contributed by atoms with Gasteiger partial charge in [-0.25, -0.2) is 0 Å². The number of nitrogens with zero attached hydrogens (tertiary/aromatic N) is 3. The molecule has 0 spiro atoms. The largest absolute Gasteiger partial charge is 0.469 e. The third kappa shape index (κ3) is 2.90. The average molecular weight is 247 g/mol. The molecule has 96 valence electrons. The van der Waals surface area contributed by atoms with Gasteiger partial charge in [0.15, 0.2) is 0 Å². The summed E-state index contributed by atoms with van der Waals surface area (Å²) in [5.74, 6) is -0.0365. The van der Waals surface area contributed by atoms with E-state index in [0.717, 1.165) is 13.1 Å². The molecule has 5 heteroatoms. The molecule has 1 atom stereocenters. The van der Waals surface area contributed by atoms with Crippen LogP contribution in [0.4, 0.5) is 0 Å². The molecular weight excluding hydrogens is 230 g/mol. The molecule has 1 aliphatic heterocycles. The second-order valence-corrected chi connectivity index (χ2v) is 4.59. The van der Waals surface area contributed by atoms with Gasteiger partial charge in [0.05, 0.1) is 12.3 Å². The van der Waals surface area contributed by atoms with Gasteiger partial charge in [0.25, 0.3) is 0 Å². The summed E-state index contributed by atoms with van der Waals surface area (Å²) in [6, 6.07) is 5.65. The van der Waals surface area contributed by atoms with Crippen LogP contribution in [-0.4, -0.2) is 48.9 Å². The van der Waals surface area contributed by atoms with Gasteiger partial charge in [-0.3, -0.25) is 4.79 Å². The lowest BCUT2D eigenvalue weighted by Gasteiger charge is -2.33. The highest BCUT2D eigenvalue weighted by Gasteiger charge is 2.27. The van der Waals surface area contributed by atoms with E-state index in [9.17, 15) is 4.79 Å². The summed E-state index contributed by atoms with van der Waals surface area (Å²) in [5, 5.41) is 9.13. The van der Waals surface area contributed by atoms with Crippen LogP contribution >= 0.6 is 0 Å². The van der Waals surface area contributed by atoms with Crippen molar-refractivity contribution in [2.75, 3.05) is 33.2 Å². The average Bonchev–Trinajstić information content (AvgIpc) is 2.89. The molecule has 1 aliphatic rings. The summed E-state index contributed by atoms with van der Waals surface area (Å²) in [6.45, 7) is 3.13. The first kappa shape index (κ1) is 12.7. The van der Waals surface area contributed by atoms with Crippen molar-refractivity contribution in [2.24, 2.45) is 5.92 Å². The minimum Gasteiger partial charge on any atom is -0.469 e. The fourth-order valence-corrected chi connectivity index (χ4v) is 2.07. The first-order chi connectivity index (χ1) is 8.70. The Bertz CT molecular complexity index is 428. The Labute approximate surface area is 107 Å². The van der Waals surface area contributed by atoms with E-state index in [2.05, 4.69) is 11.0 Å². The molecule has 0 bridgehead atoms. The molecule has 1 aromatic heterocycles. The van der Waals surface area contributed by atoms with E-state index < -0.39 is 5.92 Å². The standard InChI is InChI=1S/C13H17N3O2/c1-15-4-6-16(7-5-15)13(17)11(10-14)9-12-3-2-8-18-12/h2-3,8,11H,4-7,9H2,1H3. The van der Waals surface area contributed by atoms with E-state index in [1.165, 1.54) is 0 Å². The highest BCUT2D eigenvalue weighted by atomic mass is 16.3. The van der Waals surface area contributed by atoms with E-state index in [-0.39, 0.29) is 5.91 Å². The number of carbonyl (C=O) groups excluding carboxylic acids is 1. The van der Waals surface area contributed by atoms with Gasteiger partial charge in [0, 0.05) is 32.6 Å². The molecule has 1 aromatic rings. The van der Waals surface area contributed by atoms with Crippen LogP contribution < -0.4 is 0 Å². The molecule has 2 rings (SSSR count). The summed E-state index contributed by atoms with van der Waals surface area (Å²) in [4.78, 5) is 16.2. The molecule has 1 saturated heterocycles. The van der Waals surface area contributed by atoms with Crippen LogP contribution in [-0.2, 0) is 11.2 Å². The van der Waals surface area contributed by atoms with Gasteiger partial charge in [-0.05, 0) is 19.2 Å². The monoisotopic (exact) mass is 247 g/mol. The Morgan fingerprint density at radius 1 is 1.50 bits per heavy atom. The lowest BCUT2D eigenvalue weighted by molar-refractivity contribution is -0.135. The quantitative estimate of drug-likeness (QED) is 0.790. The zero-order chi connectivity index (χ0) is 13.0. The van der Waals surface area contributed by atoms with Gasteiger partial charge in [-0.15, -0.1) is 0 Å². The van der Waals surface area contributed by atoms with Gasteiger partial charge in [0.1, 0.15) is 11.7 Å². The normalized spacial score (nSPS) is 18.3. The fourth-order valence-electron chi connectivity index (χ4n) is 2.07. The first-order valence-corrected chi connectivity index (χ1v) is 6.10. The Balaban J connectivity index is 1.95. The second kappa shape index (κ2) is 5.69. The van der Waals surface area contributed by atoms with Crippen LogP contribution in [0.5, 0.6) is 0 Å². The van der Waals surface area contributed by atoms with Crippen molar-refractivity contribution in [3.8, 4) is 6.07 Å². The van der Waals surface area contributed by atoms with Crippen molar-refractivity contribution in [2.45, 2.75) is 6.42 Å². The highest BCUT2D eigenvalue weighted by molar-refractivity contribution is 5.81. The number of likely N-dealkylation sites (N-methyl/N-ethyl adjacent to an activating group) is 1. The summed E-state index contributed by atoms with van der Waals surface area (Å²) < 4.78 is 5.19. The number of rotatable bonds is 3. The Morgan fingerprint density at radius 2 is 2.22 bits per heavy atom. The van der Waals surface area contributed by atoms with Crippen LogP contribution in [0.3, 0.4) is 0 Å².